The SMILES string of the molecule is CC1CCc2nc3sc(C(=O)NC(C)(C)C)c(N)c3cc2C1. The molecule has 0 aliphatic heterocycles. The van der Waals surface area contributed by atoms with E-state index < -0.39 is 0 Å². The molecule has 0 aromatic carbocycles. The fraction of sp³-hybridized carbons (Fsp3) is 0.529. The Bertz CT molecular complexity index is 742. The van der Waals surface area contributed by atoms with Crippen LogP contribution in [-0.4, -0.2) is 16.4 Å². The van der Waals surface area contributed by atoms with Crippen LogP contribution in [0.25, 0.3) is 10.2 Å². The molecule has 0 bridgehead atoms. The van der Waals surface area contributed by atoms with E-state index in [1.807, 2.05) is 20.8 Å². The lowest BCUT2D eigenvalue weighted by Gasteiger charge is -2.20. The number of pyridine rings is 1. The van der Waals surface area contributed by atoms with E-state index in [4.69, 9.17) is 10.7 Å². The number of amides is 1. The van der Waals surface area contributed by atoms with Crippen LogP contribution in [0, 0.1) is 5.92 Å². The minimum atomic E-state index is -0.276. The maximum atomic E-state index is 12.4. The Morgan fingerprint density at radius 1 is 1.45 bits per heavy atom. The summed E-state index contributed by atoms with van der Waals surface area (Å²) in [5.74, 6) is 0.578. The highest BCUT2D eigenvalue weighted by atomic mass is 32.1. The number of nitrogens with two attached hydrogens (primary N) is 1. The van der Waals surface area contributed by atoms with E-state index in [9.17, 15) is 4.79 Å². The lowest BCUT2D eigenvalue weighted by molar-refractivity contribution is 0.0924. The van der Waals surface area contributed by atoms with Crippen molar-refractivity contribution in [3.05, 3.63) is 22.2 Å². The molecule has 1 unspecified atom stereocenters. The van der Waals surface area contributed by atoms with Gasteiger partial charge >= 0.3 is 0 Å². The summed E-state index contributed by atoms with van der Waals surface area (Å²) in [7, 11) is 0. The third-order valence-corrected chi connectivity index (χ3v) is 5.14. The van der Waals surface area contributed by atoms with Crippen LogP contribution in [-0.2, 0) is 12.8 Å². The van der Waals surface area contributed by atoms with Crippen LogP contribution in [0.2, 0.25) is 0 Å². The molecule has 118 valence electrons. The number of aromatic nitrogens is 1. The van der Waals surface area contributed by atoms with Gasteiger partial charge in [-0.25, -0.2) is 4.98 Å². The van der Waals surface area contributed by atoms with Gasteiger partial charge in [-0.15, -0.1) is 11.3 Å². The minimum absolute atomic E-state index is 0.112. The molecule has 1 atom stereocenters. The number of nitrogens with zero attached hydrogens (tertiary/aromatic N) is 1. The van der Waals surface area contributed by atoms with Gasteiger partial charge in [-0.3, -0.25) is 4.79 Å². The molecule has 0 saturated heterocycles. The summed E-state index contributed by atoms with van der Waals surface area (Å²) in [6, 6.07) is 2.15. The zero-order valence-corrected chi connectivity index (χ0v) is 14.4. The highest BCUT2D eigenvalue weighted by molar-refractivity contribution is 7.21. The topological polar surface area (TPSA) is 68.0 Å². The van der Waals surface area contributed by atoms with Gasteiger partial charge in [0.05, 0.1) is 5.69 Å². The molecule has 5 heteroatoms. The third kappa shape index (κ3) is 2.82. The predicted octanol–water partition coefficient (Wildman–Crippen LogP) is 3.53. The predicted molar refractivity (Wildman–Crippen MR) is 92.4 cm³/mol. The lowest BCUT2D eigenvalue weighted by atomic mass is 9.87. The molecule has 3 N–H and O–H groups in total. The first kappa shape index (κ1) is 15.3. The molecule has 0 saturated carbocycles. The van der Waals surface area contributed by atoms with Crippen molar-refractivity contribution < 1.29 is 4.79 Å². The van der Waals surface area contributed by atoms with Crippen molar-refractivity contribution >= 4 is 33.1 Å². The molecule has 1 amide bonds. The molecule has 2 aromatic rings. The lowest BCUT2D eigenvalue weighted by Crippen LogP contribution is -2.40. The van der Waals surface area contributed by atoms with E-state index >= 15 is 0 Å². The van der Waals surface area contributed by atoms with Crippen molar-refractivity contribution in [2.45, 2.75) is 52.5 Å². The van der Waals surface area contributed by atoms with Crippen LogP contribution in [0.4, 0.5) is 5.69 Å². The average molecular weight is 317 g/mol. The van der Waals surface area contributed by atoms with E-state index in [-0.39, 0.29) is 11.4 Å². The Morgan fingerprint density at radius 3 is 2.86 bits per heavy atom. The van der Waals surface area contributed by atoms with Gasteiger partial charge < -0.3 is 11.1 Å². The zero-order chi connectivity index (χ0) is 16.1. The highest BCUT2D eigenvalue weighted by Gasteiger charge is 2.24. The normalized spacial score (nSPS) is 18.3. The summed E-state index contributed by atoms with van der Waals surface area (Å²) in [4.78, 5) is 18.6. The maximum Gasteiger partial charge on any atom is 0.263 e. The summed E-state index contributed by atoms with van der Waals surface area (Å²) >= 11 is 1.40. The van der Waals surface area contributed by atoms with E-state index in [1.54, 1.807) is 0 Å². The van der Waals surface area contributed by atoms with Gasteiger partial charge in [-0.05, 0) is 57.6 Å². The molecule has 2 heterocycles. The highest BCUT2D eigenvalue weighted by Crippen LogP contribution is 2.36. The third-order valence-electron chi connectivity index (χ3n) is 4.03. The summed E-state index contributed by atoms with van der Waals surface area (Å²) in [5.41, 5.74) is 8.99. The number of hydrogen-bond acceptors (Lipinski definition) is 4. The second-order valence-corrected chi connectivity index (χ2v) is 8.34. The van der Waals surface area contributed by atoms with Gasteiger partial charge in [0, 0.05) is 16.6 Å². The summed E-state index contributed by atoms with van der Waals surface area (Å²) < 4.78 is 0. The number of carbonyl (C=O) groups excluding carboxylic acids is 1. The molecule has 2 aromatic heterocycles. The maximum absolute atomic E-state index is 12.4. The van der Waals surface area contributed by atoms with Crippen LogP contribution in [0.5, 0.6) is 0 Å². The standard InChI is InChI=1S/C17H23N3OS/c1-9-5-6-12-10(7-9)8-11-13(18)14(22-16(11)19-12)15(21)20-17(2,3)4/h8-9H,5-7,18H2,1-4H3,(H,20,21). The van der Waals surface area contributed by atoms with Crippen molar-refractivity contribution in [1.82, 2.24) is 10.3 Å². The van der Waals surface area contributed by atoms with E-state index in [2.05, 4.69) is 18.3 Å². The Hall–Kier alpha value is -1.62. The second-order valence-electron chi connectivity index (χ2n) is 7.34. The number of nitrogens with one attached hydrogen (secondary N) is 1. The second kappa shape index (κ2) is 5.23. The molecule has 22 heavy (non-hydrogen) atoms. The average Bonchev–Trinajstić information content (AvgIpc) is 2.71. The van der Waals surface area contributed by atoms with Crippen molar-refractivity contribution in [1.29, 1.82) is 0 Å². The van der Waals surface area contributed by atoms with Crippen LogP contribution in [0.3, 0.4) is 0 Å². The van der Waals surface area contributed by atoms with Crippen molar-refractivity contribution in [2.24, 2.45) is 5.92 Å². The van der Waals surface area contributed by atoms with Gasteiger partial charge in [-0.2, -0.15) is 0 Å². The zero-order valence-electron chi connectivity index (χ0n) is 13.6. The van der Waals surface area contributed by atoms with Gasteiger partial charge in [-0.1, -0.05) is 6.92 Å². The monoisotopic (exact) mass is 317 g/mol. The number of aryl methyl sites for hydroxylation is 1. The Balaban J connectivity index is 2.04. The molecule has 4 nitrogen and oxygen atoms in total. The number of anilines is 1. The van der Waals surface area contributed by atoms with Crippen LogP contribution in [0.15, 0.2) is 6.07 Å². The van der Waals surface area contributed by atoms with Gasteiger partial charge in [0.15, 0.2) is 0 Å². The fourth-order valence-electron chi connectivity index (χ4n) is 2.94. The molecular formula is C17H23N3OS. The summed E-state index contributed by atoms with van der Waals surface area (Å²) in [6.07, 6.45) is 3.26. The number of hydrogen-bond donors (Lipinski definition) is 2. The number of thiophene rings is 1. The summed E-state index contributed by atoms with van der Waals surface area (Å²) in [5, 5.41) is 3.91. The summed E-state index contributed by atoms with van der Waals surface area (Å²) in [6.45, 7) is 8.17. The van der Waals surface area contributed by atoms with E-state index in [1.165, 1.54) is 29.0 Å². The number of rotatable bonds is 1. The van der Waals surface area contributed by atoms with Gasteiger partial charge in [0.25, 0.3) is 5.91 Å². The quantitative estimate of drug-likeness (QED) is 0.845. The van der Waals surface area contributed by atoms with Crippen molar-refractivity contribution in [3.8, 4) is 0 Å². The Morgan fingerprint density at radius 2 is 2.18 bits per heavy atom. The first-order valence-electron chi connectivity index (χ1n) is 7.78. The number of carbonyl (C=O) groups is 1. The molecule has 3 rings (SSSR count). The minimum Gasteiger partial charge on any atom is -0.397 e. The fourth-order valence-corrected chi connectivity index (χ4v) is 3.93. The first-order chi connectivity index (χ1) is 10.2. The molecule has 0 spiro atoms. The molecule has 1 aliphatic rings. The molecule has 1 aliphatic carbocycles. The van der Waals surface area contributed by atoms with E-state index in [0.717, 1.165) is 23.1 Å². The first-order valence-corrected chi connectivity index (χ1v) is 8.59. The van der Waals surface area contributed by atoms with E-state index in [0.29, 0.717) is 16.5 Å². The van der Waals surface area contributed by atoms with Crippen molar-refractivity contribution in [3.63, 3.8) is 0 Å². The molecule has 0 fully saturated rings. The Labute approximate surface area is 135 Å². The van der Waals surface area contributed by atoms with Crippen LogP contribution in [0.1, 0.15) is 55.0 Å². The van der Waals surface area contributed by atoms with Crippen molar-refractivity contribution in [2.75, 3.05) is 5.73 Å². The van der Waals surface area contributed by atoms with Gasteiger partial charge in [0.2, 0.25) is 0 Å². The number of nitrogen functional groups attached to an aromatic ring is 1. The smallest absolute Gasteiger partial charge is 0.263 e. The Kier molecular flexibility index (Phi) is 3.63. The molecular weight excluding hydrogens is 294 g/mol. The van der Waals surface area contributed by atoms with Crippen LogP contribution < -0.4 is 11.1 Å². The van der Waals surface area contributed by atoms with Crippen LogP contribution >= 0.6 is 11.3 Å². The molecule has 0 radical (unpaired) electrons. The largest absolute Gasteiger partial charge is 0.397 e. The number of fused-ring (bicyclic) bond motifs is 2. The van der Waals surface area contributed by atoms with Gasteiger partial charge in [0.1, 0.15) is 9.71 Å².